The number of aliphatic hydroxyl groups is 1. The van der Waals surface area contributed by atoms with Gasteiger partial charge in [0.1, 0.15) is 11.2 Å². The number of para-hydroxylation sites is 1. The number of benzene rings is 6. The summed E-state index contributed by atoms with van der Waals surface area (Å²) >= 11 is 0. The van der Waals surface area contributed by atoms with Gasteiger partial charge in [-0.2, -0.15) is 0 Å². The number of hydrogen-bond acceptors (Lipinski definition) is 4. The van der Waals surface area contributed by atoms with Gasteiger partial charge in [0.15, 0.2) is 0 Å². The molecule has 0 aliphatic heterocycles. The molecule has 0 amide bonds. The number of fused-ring (bicyclic) bond motifs is 3. The number of rotatable bonds is 9. The molecule has 0 unspecified atom stereocenters. The number of hydrogen-bond donors (Lipinski definition) is 1. The molecule has 1 aromatic heterocycles. The lowest BCUT2D eigenvalue weighted by Crippen LogP contribution is -2.49. The summed E-state index contributed by atoms with van der Waals surface area (Å²) in [4.78, 5) is 2.26. The fourth-order valence-corrected chi connectivity index (χ4v) is 5.65. The first-order chi connectivity index (χ1) is 22.7. The van der Waals surface area contributed by atoms with Crippen LogP contribution in [0, 0.1) is 0 Å². The van der Waals surface area contributed by atoms with Crippen LogP contribution >= 0.6 is 0 Å². The number of anilines is 3. The number of furan rings is 1. The standard InChI is InChI=1S/C42H37BNO3/c1-41(2,45)42(3,4)47-43-33-19-25-36(26-20-33)44(34-21-14-30(15-22-34)29-10-6-5-7-11-29)35-23-16-31(17-24-35)32-18-27-38-37-12-8-9-13-39(37)46-40(38)28-32/h5-28,45H,1-4H3. The summed E-state index contributed by atoms with van der Waals surface area (Å²) in [6.45, 7) is 7.29. The second-order valence-corrected chi connectivity index (χ2v) is 13.0. The Balaban J connectivity index is 1.21. The lowest BCUT2D eigenvalue weighted by molar-refractivity contribution is -0.0893. The molecular weight excluding hydrogens is 577 g/mol. The van der Waals surface area contributed by atoms with Gasteiger partial charge in [0, 0.05) is 27.8 Å². The molecule has 231 valence electrons. The van der Waals surface area contributed by atoms with Crippen molar-refractivity contribution in [2.45, 2.75) is 38.9 Å². The normalized spacial score (nSPS) is 12.0. The van der Waals surface area contributed by atoms with E-state index in [0.717, 1.165) is 55.6 Å². The van der Waals surface area contributed by atoms with Gasteiger partial charge >= 0.3 is 7.48 Å². The Hall–Kier alpha value is -5.10. The minimum absolute atomic E-state index is 0.741. The van der Waals surface area contributed by atoms with Crippen LogP contribution in [0.4, 0.5) is 17.1 Å². The Morgan fingerprint density at radius 1 is 0.532 bits per heavy atom. The van der Waals surface area contributed by atoms with Crippen molar-refractivity contribution in [1.82, 2.24) is 0 Å². The molecule has 1 heterocycles. The average Bonchev–Trinajstić information content (AvgIpc) is 3.47. The summed E-state index contributed by atoms with van der Waals surface area (Å²) in [7, 11) is 1.72. The Bertz CT molecular complexity index is 2130. The zero-order chi connectivity index (χ0) is 32.6. The zero-order valence-electron chi connectivity index (χ0n) is 27.1. The van der Waals surface area contributed by atoms with Gasteiger partial charge < -0.3 is 19.1 Å². The highest BCUT2D eigenvalue weighted by molar-refractivity contribution is 6.47. The highest BCUT2D eigenvalue weighted by Gasteiger charge is 2.35. The molecule has 0 aliphatic rings. The zero-order valence-corrected chi connectivity index (χ0v) is 27.1. The van der Waals surface area contributed by atoms with E-state index in [4.69, 9.17) is 9.07 Å². The first-order valence-corrected chi connectivity index (χ1v) is 16.0. The predicted octanol–water partition coefficient (Wildman–Crippen LogP) is 10.2. The van der Waals surface area contributed by atoms with Crippen LogP contribution in [0.5, 0.6) is 0 Å². The van der Waals surface area contributed by atoms with Crippen LogP contribution in [0.2, 0.25) is 0 Å². The third kappa shape index (κ3) is 6.20. The molecule has 7 aromatic rings. The summed E-state index contributed by atoms with van der Waals surface area (Å²) in [5.41, 5.74) is 8.68. The molecule has 0 atom stereocenters. The molecule has 7 rings (SSSR count). The van der Waals surface area contributed by atoms with Crippen molar-refractivity contribution in [1.29, 1.82) is 0 Å². The van der Waals surface area contributed by atoms with Crippen molar-refractivity contribution in [2.75, 3.05) is 4.90 Å². The lowest BCUT2D eigenvalue weighted by atomic mass is 9.82. The molecule has 0 bridgehead atoms. The first kappa shape index (κ1) is 30.6. The van der Waals surface area contributed by atoms with Gasteiger partial charge in [-0.15, -0.1) is 0 Å². The van der Waals surface area contributed by atoms with Crippen LogP contribution in [0.3, 0.4) is 0 Å². The van der Waals surface area contributed by atoms with E-state index < -0.39 is 11.2 Å². The minimum atomic E-state index is -0.990. The van der Waals surface area contributed by atoms with E-state index in [1.165, 1.54) is 11.1 Å². The maximum absolute atomic E-state index is 10.5. The van der Waals surface area contributed by atoms with Crippen molar-refractivity contribution >= 4 is 51.9 Å². The Kier molecular flexibility index (Phi) is 7.97. The summed E-state index contributed by atoms with van der Waals surface area (Å²) in [6, 6.07) is 50.6. The van der Waals surface area contributed by atoms with Gasteiger partial charge in [-0.1, -0.05) is 96.5 Å². The van der Waals surface area contributed by atoms with Crippen molar-refractivity contribution in [3.05, 3.63) is 146 Å². The minimum Gasteiger partial charge on any atom is -0.456 e. The Morgan fingerprint density at radius 3 is 1.64 bits per heavy atom. The van der Waals surface area contributed by atoms with Gasteiger partial charge in [0.2, 0.25) is 0 Å². The summed E-state index contributed by atoms with van der Waals surface area (Å²) in [5, 5.41) is 12.8. The van der Waals surface area contributed by atoms with Crippen molar-refractivity contribution in [3.8, 4) is 22.3 Å². The van der Waals surface area contributed by atoms with E-state index in [1.54, 1.807) is 21.3 Å². The van der Waals surface area contributed by atoms with Gasteiger partial charge in [-0.05, 0) is 105 Å². The quantitative estimate of drug-likeness (QED) is 0.164. The molecule has 1 N–H and O–H groups in total. The van der Waals surface area contributed by atoms with Gasteiger partial charge in [0.05, 0.1) is 11.2 Å². The van der Waals surface area contributed by atoms with E-state index in [0.29, 0.717) is 0 Å². The smallest absolute Gasteiger partial charge is 0.330 e. The first-order valence-electron chi connectivity index (χ1n) is 16.0. The third-order valence-corrected chi connectivity index (χ3v) is 9.18. The molecule has 47 heavy (non-hydrogen) atoms. The second kappa shape index (κ2) is 12.3. The Labute approximate surface area is 277 Å². The van der Waals surface area contributed by atoms with Gasteiger partial charge in [-0.25, -0.2) is 0 Å². The topological polar surface area (TPSA) is 45.8 Å². The lowest BCUT2D eigenvalue weighted by Gasteiger charge is -2.37. The molecule has 0 spiro atoms. The van der Waals surface area contributed by atoms with Crippen LogP contribution in [-0.4, -0.2) is 23.8 Å². The molecule has 0 saturated heterocycles. The van der Waals surface area contributed by atoms with Gasteiger partial charge in [0.25, 0.3) is 0 Å². The third-order valence-electron chi connectivity index (χ3n) is 9.18. The van der Waals surface area contributed by atoms with Gasteiger partial charge in [-0.3, -0.25) is 0 Å². The SMILES string of the molecule is CC(C)(O)C(C)(C)O[B]c1ccc(N(c2ccc(-c3ccccc3)cc2)c2ccc(-c3ccc4c(c3)oc3ccccc34)cc2)cc1. The van der Waals surface area contributed by atoms with Crippen molar-refractivity contribution in [3.63, 3.8) is 0 Å². The Morgan fingerprint density at radius 2 is 1.02 bits per heavy atom. The molecule has 0 aliphatic carbocycles. The summed E-state index contributed by atoms with van der Waals surface area (Å²) in [6.07, 6.45) is 0. The molecule has 4 nitrogen and oxygen atoms in total. The largest absolute Gasteiger partial charge is 0.456 e. The van der Waals surface area contributed by atoms with E-state index in [1.807, 2.05) is 50.2 Å². The van der Waals surface area contributed by atoms with Crippen LogP contribution in [-0.2, 0) is 4.65 Å². The molecule has 5 heteroatoms. The predicted molar refractivity (Wildman–Crippen MR) is 196 cm³/mol. The van der Waals surface area contributed by atoms with E-state index in [2.05, 4.69) is 114 Å². The molecule has 1 radical (unpaired) electrons. The maximum Gasteiger partial charge on any atom is 0.330 e. The highest BCUT2D eigenvalue weighted by atomic mass is 16.5. The summed E-state index contributed by atoms with van der Waals surface area (Å²) in [5.74, 6) is 0. The molecule has 0 fully saturated rings. The van der Waals surface area contributed by atoms with E-state index in [-0.39, 0.29) is 0 Å². The second-order valence-electron chi connectivity index (χ2n) is 13.0. The van der Waals surface area contributed by atoms with Crippen LogP contribution in [0.1, 0.15) is 27.7 Å². The summed E-state index contributed by atoms with van der Waals surface area (Å²) < 4.78 is 12.2. The van der Waals surface area contributed by atoms with Crippen molar-refractivity contribution in [2.24, 2.45) is 0 Å². The molecule has 6 aromatic carbocycles. The maximum atomic E-state index is 10.5. The monoisotopic (exact) mass is 614 g/mol. The average molecular weight is 615 g/mol. The fraction of sp³-hybridized carbons (Fsp3) is 0.143. The van der Waals surface area contributed by atoms with Crippen molar-refractivity contribution < 1.29 is 14.2 Å². The van der Waals surface area contributed by atoms with Crippen LogP contribution in [0.25, 0.3) is 44.2 Å². The highest BCUT2D eigenvalue weighted by Crippen LogP contribution is 2.37. The molecule has 0 saturated carbocycles. The van der Waals surface area contributed by atoms with E-state index >= 15 is 0 Å². The van der Waals surface area contributed by atoms with E-state index in [9.17, 15) is 5.11 Å². The van der Waals surface area contributed by atoms with Crippen LogP contribution in [0.15, 0.2) is 150 Å². The number of nitrogens with zero attached hydrogens (tertiary/aromatic N) is 1. The molecular formula is C42H37BNO3. The fourth-order valence-electron chi connectivity index (χ4n) is 5.65. The van der Waals surface area contributed by atoms with Crippen LogP contribution < -0.4 is 10.4 Å².